The maximum Gasteiger partial charge on any atom is 0.573 e. The maximum absolute atomic E-state index is 12.1. The molecule has 0 aliphatic carbocycles. The van der Waals surface area contributed by atoms with Crippen LogP contribution in [0.3, 0.4) is 0 Å². The van der Waals surface area contributed by atoms with Crippen molar-refractivity contribution in [1.82, 2.24) is 4.98 Å². The van der Waals surface area contributed by atoms with Crippen molar-refractivity contribution < 1.29 is 31.1 Å². The summed E-state index contributed by atoms with van der Waals surface area (Å²) in [5.74, 6) is -2.08. The molecule has 0 fully saturated rings. The third kappa shape index (κ3) is 3.29. The number of pyridine rings is 1. The number of aromatic amines is 1. The molecule has 18 heavy (non-hydrogen) atoms. The van der Waals surface area contributed by atoms with E-state index in [0.717, 1.165) is 13.3 Å². The first-order valence-corrected chi connectivity index (χ1v) is 6.37. The third-order valence-corrected chi connectivity index (χ3v) is 2.99. The minimum atomic E-state index is -5.25. The van der Waals surface area contributed by atoms with E-state index in [1.807, 2.05) is 4.98 Å². The molecule has 0 aliphatic rings. The van der Waals surface area contributed by atoms with E-state index < -0.39 is 37.4 Å². The Morgan fingerprint density at radius 3 is 2.33 bits per heavy atom. The number of methoxy groups -OCH3 is 1. The molecule has 0 spiro atoms. The van der Waals surface area contributed by atoms with Gasteiger partial charge in [-0.1, -0.05) is 0 Å². The number of H-pyrrole nitrogens is 1. The highest BCUT2D eigenvalue weighted by Crippen LogP contribution is 2.34. The second kappa shape index (κ2) is 4.69. The highest BCUT2D eigenvalue weighted by atomic mass is 35.7. The molecule has 0 atom stereocenters. The Morgan fingerprint density at radius 1 is 1.39 bits per heavy atom. The molecule has 6 nitrogen and oxygen atoms in total. The number of hydrogen-bond donors (Lipinski definition) is 1. The summed E-state index contributed by atoms with van der Waals surface area (Å²) in [5, 5.41) is 0. The number of aromatic nitrogens is 1. The second-order valence-electron chi connectivity index (χ2n) is 2.83. The van der Waals surface area contributed by atoms with Crippen molar-refractivity contribution in [1.29, 1.82) is 0 Å². The molecule has 1 N–H and O–H groups in total. The van der Waals surface area contributed by atoms with Crippen molar-refractivity contribution in [2.45, 2.75) is 11.3 Å². The van der Waals surface area contributed by atoms with Crippen molar-refractivity contribution in [2.24, 2.45) is 0 Å². The van der Waals surface area contributed by atoms with Crippen LogP contribution in [-0.2, 0) is 9.05 Å². The molecule has 0 radical (unpaired) electrons. The zero-order valence-electron chi connectivity index (χ0n) is 8.54. The molecular weight excluding hydrogens is 303 g/mol. The zero-order chi connectivity index (χ0) is 14.1. The molecule has 11 heteroatoms. The predicted molar refractivity (Wildman–Crippen MR) is 53.3 cm³/mol. The van der Waals surface area contributed by atoms with Crippen molar-refractivity contribution in [2.75, 3.05) is 7.11 Å². The summed E-state index contributed by atoms with van der Waals surface area (Å²) in [7, 11) is 1.25. The Hall–Kier alpha value is -1.42. The lowest BCUT2D eigenvalue weighted by molar-refractivity contribution is -0.276. The second-order valence-corrected chi connectivity index (χ2v) is 5.33. The molecule has 0 amide bonds. The smallest absolute Gasteiger partial charge is 0.494 e. The molecule has 1 rings (SSSR count). The van der Waals surface area contributed by atoms with Crippen molar-refractivity contribution in [3.63, 3.8) is 0 Å². The van der Waals surface area contributed by atoms with Gasteiger partial charge < -0.3 is 14.5 Å². The van der Waals surface area contributed by atoms with E-state index in [1.54, 1.807) is 0 Å². The summed E-state index contributed by atoms with van der Waals surface area (Å²) in [6, 6.07) is 0. The van der Waals surface area contributed by atoms with E-state index in [4.69, 9.17) is 10.7 Å². The fraction of sp³-hybridized carbons (Fsp3) is 0.286. The zero-order valence-corrected chi connectivity index (χ0v) is 10.1. The number of nitrogens with one attached hydrogen (secondary N) is 1. The van der Waals surface area contributed by atoms with Crippen molar-refractivity contribution in [3.8, 4) is 11.5 Å². The highest BCUT2D eigenvalue weighted by molar-refractivity contribution is 8.13. The first-order chi connectivity index (χ1) is 8.06. The maximum atomic E-state index is 12.1. The first-order valence-electron chi connectivity index (χ1n) is 4.06. The van der Waals surface area contributed by atoms with Gasteiger partial charge in [-0.25, -0.2) is 8.42 Å². The molecule has 1 aromatic heterocycles. The Balaban J connectivity index is 3.63. The van der Waals surface area contributed by atoms with Crippen LogP contribution in [0.1, 0.15) is 0 Å². The molecule has 0 bridgehead atoms. The molecule has 102 valence electrons. The van der Waals surface area contributed by atoms with Gasteiger partial charge in [0.15, 0.2) is 10.6 Å². The van der Waals surface area contributed by atoms with Crippen molar-refractivity contribution >= 4 is 19.7 Å². The number of hydrogen-bond acceptors (Lipinski definition) is 5. The van der Waals surface area contributed by atoms with Crippen LogP contribution in [0.4, 0.5) is 13.2 Å². The Labute approximate surface area is 103 Å². The average molecular weight is 308 g/mol. The minimum Gasteiger partial charge on any atom is -0.494 e. The van der Waals surface area contributed by atoms with Gasteiger partial charge in [0.2, 0.25) is 5.75 Å². The lowest BCUT2D eigenvalue weighted by Crippen LogP contribution is -2.24. The van der Waals surface area contributed by atoms with E-state index in [-0.39, 0.29) is 0 Å². The normalized spacial score (nSPS) is 12.3. The summed E-state index contributed by atoms with van der Waals surface area (Å²) in [4.78, 5) is 11.8. The number of rotatable bonds is 3. The molecule has 0 saturated carbocycles. The number of alkyl halides is 3. The van der Waals surface area contributed by atoms with Crippen molar-refractivity contribution in [3.05, 3.63) is 16.6 Å². The van der Waals surface area contributed by atoms with Gasteiger partial charge in [0.05, 0.1) is 7.11 Å². The summed E-state index contributed by atoms with van der Waals surface area (Å²) < 4.78 is 66.4. The Kier molecular flexibility index (Phi) is 3.81. The molecule has 1 aromatic rings. The average Bonchev–Trinajstić information content (AvgIpc) is 2.17. The quantitative estimate of drug-likeness (QED) is 0.848. The number of halogens is 4. The van der Waals surface area contributed by atoms with E-state index in [2.05, 4.69) is 9.47 Å². The Morgan fingerprint density at radius 2 is 1.94 bits per heavy atom. The van der Waals surface area contributed by atoms with Crippen LogP contribution in [-0.4, -0.2) is 26.9 Å². The number of ether oxygens (including phenoxy) is 2. The molecule has 1 heterocycles. The van der Waals surface area contributed by atoms with Gasteiger partial charge in [-0.05, 0) is 0 Å². The van der Waals surface area contributed by atoms with Crippen LogP contribution in [0.2, 0.25) is 0 Å². The topological polar surface area (TPSA) is 85.5 Å². The molecule has 0 saturated heterocycles. The standard InChI is InChI=1S/C7H5ClF3NO5S/c1-16-3-2-12-6(13)4(17-7(9,10)11)5(3)18(8,14)15/h2H,1H3,(H,12,13). The van der Waals surface area contributed by atoms with Gasteiger partial charge >= 0.3 is 6.36 Å². The summed E-state index contributed by atoms with van der Waals surface area (Å²) in [6.45, 7) is 0. The fourth-order valence-electron chi connectivity index (χ4n) is 1.07. The van der Waals surface area contributed by atoms with Crippen LogP contribution in [0.25, 0.3) is 0 Å². The van der Waals surface area contributed by atoms with E-state index in [9.17, 15) is 26.4 Å². The first kappa shape index (κ1) is 14.6. The monoisotopic (exact) mass is 307 g/mol. The minimum absolute atomic E-state index is 0.580. The van der Waals surface area contributed by atoms with E-state index >= 15 is 0 Å². The van der Waals surface area contributed by atoms with Gasteiger partial charge in [0.25, 0.3) is 14.6 Å². The lowest BCUT2D eigenvalue weighted by Gasteiger charge is -2.12. The molecular formula is C7H5ClF3NO5S. The van der Waals surface area contributed by atoms with E-state index in [0.29, 0.717) is 0 Å². The van der Waals surface area contributed by atoms with Gasteiger partial charge in [0.1, 0.15) is 0 Å². The molecule has 0 aromatic carbocycles. The summed E-state index contributed by atoms with van der Waals surface area (Å²) in [6.07, 6.45) is -4.50. The third-order valence-electron chi connectivity index (χ3n) is 1.65. The van der Waals surface area contributed by atoms with Crippen LogP contribution < -0.4 is 15.0 Å². The van der Waals surface area contributed by atoms with Gasteiger partial charge in [-0.15, -0.1) is 13.2 Å². The molecule has 0 unspecified atom stereocenters. The van der Waals surface area contributed by atoms with E-state index in [1.165, 1.54) is 0 Å². The van der Waals surface area contributed by atoms with Gasteiger partial charge in [-0.3, -0.25) is 4.79 Å². The van der Waals surface area contributed by atoms with Crippen LogP contribution in [0.15, 0.2) is 15.9 Å². The highest BCUT2D eigenvalue weighted by Gasteiger charge is 2.37. The summed E-state index contributed by atoms with van der Waals surface area (Å²) in [5.41, 5.74) is -1.41. The largest absolute Gasteiger partial charge is 0.573 e. The van der Waals surface area contributed by atoms with Gasteiger partial charge in [0, 0.05) is 16.9 Å². The molecule has 0 aliphatic heterocycles. The fourth-order valence-corrected chi connectivity index (χ4v) is 2.24. The van der Waals surface area contributed by atoms with Crippen LogP contribution in [0.5, 0.6) is 11.5 Å². The van der Waals surface area contributed by atoms with Gasteiger partial charge in [-0.2, -0.15) is 0 Å². The Bertz CT molecular complexity index is 608. The predicted octanol–water partition coefficient (Wildman–Crippen LogP) is 1.21. The lowest BCUT2D eigenvalue weighted by atomic mass is 10.4. The SMILES string of the molecule is COc1c[nH]c(=O)c(OC(F)(F)F)c1S(=O)(=O)Cl. The summed E-state index contributed by atoms with van der Waals surface area (Å²) >= 11 is 0. The van der Waals surface area contributed by atoms with Crippen LogP contribution in [0, 0.1) is 0 Å². The van der Waals surface area contributed by atoms with Crippen LogP contribution >= 0.6 is 10.7 Å².